The van der Waals surface area contributed by atoms with Crippen LogP contribution >= 0.6 is 23.5 Å². The summed E-state index contributed by atoms with van der Waals surface area (Å²) in [5.41, 5.74) is 7.19. The highest BCUT2D eigenvalue weighted by molar-refractivity contribution is 7.99. The first-order valence-corrected chi connectivity index (χ1v) is 15.2. The number of benzene rings is 2. The number of aromatic nitrogens is 1. The van der Waals surface area contributed by atoms with Gasteiger partial charge in [0.1, 0.15) is 17.7 Å². The van der Waals surface area contributed by atoms with Crippen molar-refractivity contribution >= 4 is 29.5 Å². The number of thioether (sulfide) groups is 2. The summed E-state index contributed by atoms with van der Waals surface area (Å²) in [4.78, 5) is 14.8. The molecule has 2 aliphatic rings. The van der Waals surface area contributed by atoms with Gasteiger partial charge in [0, 0.05) is 35.4 Å². The summed E-state index contributed by atoms with van der Waals surface area (Å²) in [5.74, 6) is 2.70. The van der Waals surface area contributed by atoms with Crippen molar-refractivity contribution in [2.24, 2.45) is 0 Å². The van der Waals surface area contributed by atoms with Crippen LogP contribution in [0.15, 0.2) is 41.4 Å². The first-order chi connectivity index (χ1) is 18.3. The van der Waals surface area contributed by atoms with Gasteiger partial charge in [-0.1, -0.05) is 6.07 Å². The van der Waals surface area contributed by atoms with Crippen molar-refractivity contribution in [1.29, 1.82) is 0 Å². The molecule has 0 saturated heterocycles. The Morgan fingerprint density at radius 2 is 1.92 bits per heavy atom. The highest BCUT2D eigenvalue weighted by Gasteiger charge is 2.30. The van der Waals surface area contributed by atoms with Crippen molar-refractivity contribution in [2.45, 2.75) is 57.5 Å². The van der Waals surface area contributed by atoms with Gasteiger partial charge in [0.15, 0.2) is 0 Å². The summed E-state index contributed by atoms with van der Waals surface area (Å²) in [7, 11) is 0. The molecule has 2 heterocycles. The van der Waals surface area contributed by atoms with Crippen LogP contribution < -0.4 is 9.47 Å². The second-order valence-electron chi connectivity index (χ2n) is 9.51. The number of ether oxygens (including phenoxy) is 2. The Labute approximate surface area is 232 Å². The molecule has 1 N–H and O–H groups in total. The first-order valence-electron chi connectivity index (χ1n) is 12.8. The summed E-state index contributed by atoms with van der Waals surface area (Å²) in [6.07, 6.45) is 7.64. The van der Waals surface area contributed by atoms with Gasteiger partial charge in [0.05, 0.1) is 6.61 Å². The van der Waals surface area contributed by atoms with Crippen molar-refractivity contribution in [3.05, 3.63) is 70.2 Å². The normalized spacial score (nSPS) is 15.3. The molecule has 38 heavy (non-hydrogen) atoms. The lowest BCUT2D eigenvalue weighted by Gasteiger charge is -2.19. The van der Waals surface area contributed by atoms with Crippen molar-refractivity contribution < 1.29 is 23.8 Å². The maximum Gasteiger partial charge on any atom is 0.300 e. The van der Waals surface area contributed by atoms with Gasteiger partial charge in [-0.15, -0.1) is 11.8 Å². The van der Waals surface area contributed by atoms with Crippen LogP contribution in [0.25, 0.3) is 11.1 Å². The Hall–Kier alpha value is -2.71. The maximum atomic E-state index is 15.3. The Morgan fingerprint density at radius 1 is 1.18 bits per heavy atom. The van der Waals surface area contributed by atoms with Crippen molar-refractivity contribution in [2.75, 3.05) is 24.4 Å². The lowest BCUT2D eigenvalue weighted by Crippen LogP contribution is -2.06. The van der Waals surface area contributed by atoms with Crippen LogP contribution in [0.2, 0.25) is 0 Å². The van der Waals surface area contributed by atoms with Gasteiger partial charge in [-0.2, -0.15) is 11.8 Å². The van der Waals surface area contributed by atoms with E-state index in [4.69, 9.17) is 19.4 Å². The molecule has 3 aromatic rings. The van der Waals surface area contributed by atoms with E-state index in [0.717, 1.165) is 77.7 Å². The fraction of sp³-hybridized carbons (Fsp3) is 0.400. The number of hydrogen-bond donors (Lipinski definition) is 1. The molecule has 0 amide bonds. The third-order valence-electron chi connectivity index (χ3n) is 6.63. The van der Waals surface area contributed by atoms with E-state index >= 15 is 4.39 Å². The van der Waals surface area contributed by atoms with Gasteiger partial charge >= 0.3 is 0 Å². The molecule has 8 heteroatoms. The second kappa shape index (κ2) is 12.9. The summed E-state index contributed by atoms with van der Waals surface area (Å²) in [6.45, 7) is 5.87. The molecule has 2 aromatic carbocycles. The highest BCUT2D eigenvalue weighted by atomic mass is 32.2. The number of aryl methyl sites for hydroxylation is 3. The van der Waals surface area contributed by atoms with E-state index in [0.29, 0.717) is 18.1 Å². The molecule has 5 nitrogen and oxygen atoms in total. The summed E-state index contributed by atoms with van der Waals surface area (Å²) < 4.78 is 27.6. The van der Waals surface area contributed by atoms with Crippen LogP contribution in [0, 0.1) is 19.7 Å². The van der Waals surface area contributed by atoms with E-state index in [-0.39, 0.29) is 11.9 Å². The van der Waals surface area contributed by atoms with Gasteiger partial charge in [0.25, 0.3) is 5.97 Å². The number of carbonyl (C=O) groups is 1. The monoisotopic (exact) mass is 555 g/mol. The number of halogens is 1. The number of carboxylic acids is 1. The van der Waals surface area contributed by atoms with Crippen LogP contribution in [-0.2, 0) is 17.6 Å². The summed E-state index contributed by atoms with van der Waals surface area (Å²) >= 11 is 3.68. The summed E-state index contributed by atoms with van der Waals surface area (Å²) in [6, 6.07) is 9.61. The molecule has 1 aromatic heterocycles. The number of rotatable bonds is 8. The Morgan fingerprint density at radius 3 is 2.63 bits per heavy atom. The zero-order chi connectivity index (χ0) is 27.2. The SMILES string of the molecule is CC(=O)O.CSCCCOc1cc(C)c(-c2c(F)ccc3c2CCC3Oc2cc3c(cn2)CCS3)c(C)c1. The molecular weight excluding hydrogens is 521 g/mol. The number of hydrogen-bond acceptors (Lipinski definition) is 6. The Kier molecular flexibility index (Phi) is 9.60. The minimum Gasteiger partial charge on any atom is -0.494 e. The molecule has 202 valence electrons. The molecule has 0 spiro atoms. The van der Waals surface area contributed by atoms with E-state index in [1.165, 1.54) is 10.5 Å². The molecule has 0 radical (unpaired) electrons. The largest absolute Gasteiger partial charge is 0.494 e. The number of pyridine rings is 1. The van der Waals surface area contributed by atoms with Gasteiger partial charge in [-0.25, -0.2) is 9.37 Å². The van der Waals surface area contributed by atoms with Crippen LogP contribution in [0.5, 0.6) is 11.6 Å². The van der Waals surface area contributed by atoms with E-state index in [9.17, 15) is 0 Å². The average molecular weight is 556 g/mol. The standard InChI is InChI=1S/C28H30FNO2S2.C2H4O2/c1-17-13-20(31-10-4-11-33-3)14-18(2)27(17)28-22-6-8-24(21(22)5-7-23(28)29)32-26-15-25-19(16-30-26)9-12-34-25;1-2(3)4/h5,7,13-16,24H,4,6,8-12H2,1-3H3;1H3,(H,3,4). The highest BCUT2D eigenvalue weighted by Crippen LogP contribution is 2.44. The maximum absolute atomic E-state index is 15.3. The van der Waals surface area contributed by atoms with Crippen LogP contribution in [-0.4, -0.2) is 40.4 Å². The molecule has 0 saturated carbocycles. The lowest BCUT2D eigenvalue weighted by molar-refractivity contribution is -0.134. The first kappa shape index (κ1) is 28.3. The minimum atomic E-state index is -0.833. The number of fused-ring (bicyclic) bond motifs is 2. The van der Waals surface area contributed by atoms with Crippen molar-refractivity contribution in [3.8, 4) is 22.8 Å². The van der Waals surface area contributed by atoms with E-state index in [2.05, 4.69) is 17.3 Å². The molecular formula is C30H34FNO4S2. The van der Waals surface area contributed by atoms with Crippen molar-refractivity contribution in [1.82, 2.24) is 4.98 Å². The van der Waals surface area contributed by atoms with E-state index in [1.807, 2.05) is 61.8 Å². The van der Waals surface area contributed by atoms with Crippen LogP contribution in [0.4, 0.5) is 4.39 Å². The summed E-state index contributed by atoms with van der Waals surface area (Å²) in [5, 5.41) is 7.42. The van der Waals surface area contributed by atoms with E-state index in [1.54, 1.807) is 6.07 Å². The number of nitrogens with zero attached hydrogens (tertiary/aromatic N) is 1. The molecule has 1 aliphatic carbocycles. The second-order valence-corrected chi connectivity index (χ2v) is 11.6. The van der Waals surface area contributed by atoms with Crippen LogP contribution in [0.3, 0.4) is 0 Å². The third kappa shape index (κ3) is 6.64. The number of aliphatic carboxylic acids is 1. The third-order valence-corrected chi connectivity index (χ3v) is 8.43. The minimum absolute atomic E-state index is 0.106. The Balaban J connectivity index is 0.000000786. The molecule has 1 atom stereocenters. The zero-order valence-corrected chi connectivity index (χ0v) is 23.9. The van der Waals surface area contributed by atoms with Gasteiger partial charge < -0.3 is 14.6 Å². The van der Waals surface area contributed by atoms with Gasteiger partial charge in [-0.05, 0) is 103 Å². The predicted octanol–water partition coefficient (Wildman–Crippen LogP) is 7.44. The Bertz CT molecular complexity index is 1290. The number of carboxylic acid groups (broad SMARTS) is 1. The molecule has 0 bridgehead atoms. The van der Waals surface area contributed by atoms with Gasteiger partial charge in [-0.3, -0.25) is 4.79 Å². The smallest absolute Gasteiger partial charge is 0.300 e. The predicted molar refractivity (Wildman–Crippen MR) is 153 cm³/mol. The molecule has 1 aliphatic heterocycles. The zero-order valence-electron chi connectivity index (χ0n) is 22.3. The average Bonchev–Trinajstić information content (AvgIpc) is 3.49. The molecule has 1 unspecified atom stereocenters. The lowest BCUT2D eigenvalue weighted by atomic mass is 9.90. The molecule has 5 rings (SSSR count). The fourth-order valence-corrected chi connectivity index (χ4v) is 6.55. The van der Waals surface area contributed by atoms with Crippen molar-refractivity contribution in [3.63, 3.8) is 0 Å². The van der Waals surface area contributed by atoms with Gasteiger partial charge in [0.2, 0.25) is 5.88 Å². The topological polar surface area (TPSA) is 68.7 Å². The van der Waals surface area contributed by atoms with Crippen LogP contribution in [0.1, 0.15) is 53.7 Å². The fourth-order valence-electron chi connectivity index (χ4n) is 5.08. The van der Waals surface area contributed by atoms with E-state index < -0.39 is 5.97 Å². The molecule has 0 fully saturated rings. The quantitative estimate of drug-likeness (QED) is 0.290.